The summed E-state index contributed by atoms with van der Waals surface area (Å²) in [7, 11) is 0. The topological polar surface area (TPSA) is 88.1 Å². The van der Waals surface area contributed by atoms with E-state index in [0.717, 1.165) is 24.9 Å². The molecule has 2 N–H and O–H groups in total. The number of aliphatic hydroxyl groups is 1. The molecule has 1 aromatic carbocycles. The highest BCUT2D eigenvalue weighted by molar-refractivity contribution is 5.91. The maximum absolute atomic E-state index is 12.7. The lowest BCUT2D eigenvalue weighted by molar-refractivity contribution is -0.146. The highest BCUT2D eigenvalue weighted by atomic mass is 16.7. The van der Waals surface area contributed by atoms with Crippen molar-refractivity contribution in [1.29, 1.82) is 0 Å². The van der Waals surface area contributed by atoms with Crippen LogP contribution in [0, 0.1) is 0 Å². The van der Waals surface area contributed by atoms with E-state index < -0.39 is 6.29 Å². The number of hydrogen-bond donors (Lipinski definition) is 2. The van der Waals surface area contributed by atoms with Gasteiger partial charge in [0, 0.05) is 45.0 Å². The number of rotatable bonds is 11. The van der Waals surface area contributed by atoms with Gasteiger partial charge in [-0.15, -0.1) is 0 Å². The number of nitrogens with one attached hydrogen (secondary N) is 1. The fraction of sp³-hybridized carbons (Fsp3) is 0.565. The maximum Gasteiger partial charge on any atom is 0.286 e. The number of ether oxygens (including phenoxy) is 2. The predicted octanol–water partition coefficient (Wildman–Crippen LogP) is 2.32. The zero-order valence-corrected chi connectivity index (χ0v) is 17.4. The third-order valence-corrected chi connectivity index (χ3v) is 5.43. The van der Waals surface area contributed by atoms with Gasteiger partial charge >= 0.3 is 0 Å². The number of allylic oxidation sites excluding steroid dienone is 1. The molecule has 1 saturated heterocycles. The third kappa shape index (κ3) is 6.57. The van der Waals surface area contributed by atoms with Gasteiger partial charge in [0.05, 0.1) is 6.61 Å². The van der Waals surface area contributed by atoms with Crippen molar-refractivity contribution in [1.82, 2.24) is 10.2 Å². The molecule has 0 aliphatic carbocycles. The number of unbranched alkanes of at least 4 members (excludes halogenated alkanes) is 1. The summed E-state index contributed by atoms with van der Waals surface area (Å²) in [6, 6.07) is 10.0. The highest BCUT2D eigenvalue weighted by Gasteiger charge is 2.28. The second kappa shape index (κ2) is 11.7. The van der Waals surface area contributed by atoms with E-state index in [1.165, 1.54) is 0 Å². The van der Waals surface area contributed by atoms with E-state index in [2.05, 4.69) is 5.32 Å². The van der Waals surface area contributed by atoms with Crippen LogP contribution in [0.5, 0.6) is 0 Å². The fourth-order valence-corrected chi connectivity index (χ4v) is 3.78. The Bertz CT molecular complexity index is 722. The third-order valence-electron chi connectivity index (χ3n) is 5.43. The lowest BCUT2D eigenvalue weighted by atomic mass is 9.93. The van der Waals surface area contributed by atoms with Crippen molar-refractivity contribution in [2.75, 3.05) is 32.8 Å². The zero-order chi connectivity index (χ0) is 21.2. The summed E-state index contributed by atoms with van der Waals surface area (Å²) in [5.41, 5.74) is 1.11. The van der Waals surface area contributed by atoms with Crippen LogP contribution in [0.3, 0.4) is 0 Å². The van der Waals surface area contributed by atoms with E-state index in [0.29, 0.717) is 45.4 Å². The highest BCUT2D eigenvalue weighted by Crippen LogP contribution is 2.31. The minimum Gasteiger partial charge on any atom is -0.459 e. The summed E-state index contributed by atoms with van der Waals surface area (Å²) < 4.78 is 11.7. The molecule has 2 aliphatic rings. The van der Waals surface area contributed by atoms with Gasteiger partial charge in [-0.05, 0) is 37.3 Å². The van der Waals surface area contributed by atoms with Gasteiger partial charge in [0.15, 0.2) is 5.76 Å². The molecule has 0 aromatic heterocycles. The second-order valence-electron chi connectivity index (χ2n) is 7.73. The fourth-order valence-electron chi connectivity index (χ4n) is 3.78. The molecular formula is C23H32N2O5. The van der Waals surface area contributed by atoms with Crippen LogP contribution >= 0.6 is 0 Å². The van der Waals surface area contributed by atoms with E-state index in [4.69, 9.17) is 14.6 Å². The summed E-state index contributed by atoms with van der Waals surface area (Å²) in [6.07, 6.45) is 5.69. The Balaban J connectivity index is 1.54. The number of nitrogens with zero attached hydrogens (tertiary/aromatic N) is 1. The van der Waals surface area contributed by atoms with Gasteiger partial charge in [0.2, 0.25) is 12.2 Å². The Kier molecular flexibility index (Phi) is 8.71. The number of aliphatic hydroxyl groups excluding tert-OH is 1. The lowest BCUT2D eigenvalue weighted by Gasteiger charge is -2.29. The normalized spacial score (nSPS) is 21.3. The lowest BCUT2D eigenvalue weighted by Crippen LogP contribution is -2.35. The first kappa shape index (κ1) is 22.3. The first-order chi connectivity index (χ1) is 14.7. The molecule has 0 saturated carbocycles. The number of benzene rings is 1. The van der Waals surface area contributed by atoms with E-state index in [9.17, 15) is 9.59 Å². The molecule has 30 heavy (non-hydrogen) atoms. The van der Waals surface area contributed by atoms with Crippen LogP contribution in [0.25, 0.3) is 0 Å². The molecule has 3 rings (SSSR count). The van der Waals surface area contributed by atoms with Gasteiger partial charge in [-0.3, -0.25) is 9.59 Å². The quantitative estimate of drug-likeness (QED) is 0.541. The molecule has 2 aliphatic heterocycles. The van der Waals surface area contributed by atoms with E-state index >= 15 is 0 Å². The minimum atomic E-state index is -0.498. The molecule has 2 amide bonds. The van der Waals surface area contributed by atoms with Crippen molar-refractivity contribution in [3.05, 3.63) is 47.7 Å². The molecule has 1 fully saturated rings. The number of carbonyl (C=O) groups is 2. The molecule has 0 unspecified atom stereocenters. The van der Waals surface area contributed by atoms with Gasteiger partial charge in [0.1, 0.15) is 0 Å². The molecule has 2 atom stereocenters. The van der Waals surface area contributed by atoms with Crippen molar-refractivity contribution in [2.24, 2.45) is 0 Å². The van der Waals surface area contributed by atoms with E-state index in [1.807, 2.05) is 41.3 Å². The van der Waals surface area contributed by atoms with Crippen molar-refractivity contribution >= 4 is 11.8 Å². The summed E-state index contributed by atoms with van der Waals surface area (Å²) in [4.78, 5) is 26.2. The first-order valence-corrected chi connectivity index (χ1v) is 10.9. The second-order valence-corrected chi connectivity index (χ2v) is 7.73. The smallest absolute Gasteiger partial charge is 0.286 e. The number of likely N-dealkylation sites (tertiary alicyclic amines) is 1. The average Bonchev–Trinajstić information content (AvgIpc) is 3.19. The summed E-state index contributed by atoms with van der Waals surface area (Å²) in [5, 5.41) is 11.8. The van der Waals surface area contributed by atoms with Crippen LogP contribution < -0.4 is 5.32 Å². The first-order valence-electron chi connectivity index (χ1n) is 10.9. The Labute approximate surface area is 178 Å². The molecule has 7 nitrogen and oxygen atoms in total. The van der Waals surface area contributed by atoms with Crippen LogP contribution in [0.15, 0.2) is 42.2 Å². The molecule has 7 heteroatoms. The SMILES string of the molecule is O=C(NCCCN1CCCC1=O)C1=C[C@H](c2ccccc2)C[C@H](OCCCCO)O1. The molecule has 0 bridgehead atoms. The Morgan fingerprint density at radius 2 is 2.07 bits per heavy atom. The van der Waals surface area contributed by atoms with Gasteiger partial charge < -0.3 is 24.8 Å². The van der Waals surface area contributed by atoms with Crippen molar-refractivity contribution in [3.8, 4) is 0 Å². The van der Waals surface area contributed by atoms with Crippen LogP contribution in [-0.2, 0) is 19.1 Å². The molecule has 0 radical (unpaired) electrons. The maximum atomic E-state index is 12.7. The van der Waals surface area contributed by atoms with E-state index in [1.54, 1.807) is 0 Å². The van der Waals surface area contributed by atoms with Gasteiger partial charge in [0.25, 0.3) is 5.91 Å². The molecular weight excluding hydrogens is 384 g/mol. The number of carbonyl (C=O) groups excluding carboxylic acids is 2. The summed E-state index contributed by atoms with van der Waals surface area (Å²) >= 11 is 0. The van der Waals surface area contributed by atoms with Gasteiger partial charge in [-0.1, -0.05) is 30.3 Å². The Morgan fingerprint density at radius 1 is 1.23 bits per heavy atom. The molecule has 1 aromatic rings. The van der Waals surface area contributed by atoms with Gasteiger partial charge in [-0.2, -0.15) is 0 Å². The summed E-state index contributed by atoms with van der Waals surface area (Å²) in [6.45, 7) is 2.59. The van der Waals surface area contributed by atoms with Crippen molar-refractivity contribution in [2.45, 2.75) is 50.7 Å². The summed E-state index contributed by atoms with van der Waals surface area (Å²) in [5.74, 6) is 0.254. The van der Waals surface area contributed by atoms with Crippen LogP contribution in [0.4, 0.5) is 0 Å². The van der Waals surface area contributed by atoms with Gasteiger partial charge in [-0.25, -0.2) is 0 Å². The van der Waals surface area contributed by atoms with E-state index in [-0.39, 0.29) is 30.1 Å². The predicted molar refractivity (Wildman–Crippen MR) is 112 cm³/mol. The average molecular weight is 417 g/mol. The largest absolute Gasteiger partial charge is 0.459 e. The number of amides is 2. The molecule has 0 spiro atoms. The zero-order valence-electron chi connectivity index (χ0n) is 17.4. The minimum absolute atomic E-state index is 0.0331. The standard InChI is InChI=1S/C23H32N2O5/c26-14-4-5-15-29-22-17-19(18-8-2-1-3-9-18)16-20(30-22)23(28)24-11-7-13-25-12-6-10-21(25)27/h1-3,8-9,16,19,22,26H,4-7,10-15,17H2,(H,24,28)/t19-,22+/m0/s1. The number of hydrogen-bond acceptors (Lipinski definition) is 5. The van der Waals surface area contributed by atoms with Crippen LogP contribution in [0.1, 0.15) is 50.0 Å². The van der Waals surface area contributed by atoms with Crippen LogP contribution in [-0.4, -0.2) is 61.0 Å². The van der Waals surface area contributed by atoms with Crippen LogP contribution in [0.2, 0.25) is 0 Å². The monoisotopic (exact) mass is 416 g/mol. The Morgan fingerprint density at radius 3 is 2.80 bits per heavy atom. The van der Waals surface area contributed by atoms with Crippen molar-refractivity contribution in [3.63, 3.8) is 0 Å². The Hall–Kier alpha value is -2.38. The molecule has 2 heterocycles. The van der Waals surface area contributed by atoms with Crippen molar-refractivity contribution < 1.29 is 24.2 Å². The molecule has 164 valence electrons.